The molecule has 0 saturated heterocycles. The highest BCUT2D eigenvalue weighted by Gasteiger charge is 2.34. The summed E-state index contributed by atoms with van der Waals surface area (Å²) in [6, 6.07) is 15.3. The van der Waals surface area contributed by atoms with E-state index in [0.29, 0.717) is 18.0 Å². The van der Waals surface area contributed by atoms with E-state index in [2.05, 4.69) is 4.98 Å². The zero-order valence-electron chi connectivity index (χ0n) is 15.3. The van der Waals surface area contributed by atoms with Crippen molar-refractivity contribution in [2.45, 2.75) is 19.4 Å². The number of ether oxygens (including phenoxy) is 1. The van der Waals surface area contributed by atoms with Gasteiger partial charge < -0.3 is 9.84 Å². The maximum Gasteiger partial charge on any atom is 0.412 e. The lowest BCUT2D eigenvalue weighted by molar-refractivity contribution is 0.186. The lowest BCUT2D eigenvalue weighted by atomic mass is 10.0. The second-order valence-electron chi connectivity index (χ2n) is 6.86. The van der Waals surface area contributed by atoms with Gasteiger partial charge in [-0.05, 0) is 48.2 Å². The summed E-state index contributed by atoms with van der Waals surface area (Å²) >= 11 is 0. The zero-order chi connectivity index (χ0) is 19.7. The molecule has 1 atom stereocenters. The number of nitrogens with zero attached hydrogens (tertiary/aromatic N) is 2. The Morgan fingerprint density at radius 3 is 2.57 bits per heavy atom. The molecule has 142 valence electrons. The van der Waals surface area contributed by atoms with E-state index in [0.717, 1.165) is 22.3 Å². The van der Waals surface area contributed by atoms with Crippen molar-refractivity contribution in [3.63, 3.8) is 0 Å². The molecule has 1 N–H and O–H groups in total. The monoisotopic (exact) mass is 378 g/mol. The van der Waals surface area contributed by atoms with Crippen molar-refractivity contribution < 1.29 is 19.0 Å². The third kappa shape index (κ3) is 3.53. The topological polar surface area (TPSA) is 62.7 Å². The van der Waals surface area contributed by atoms with Crippen molar-refractivity contribution in [3.8, 4) is 5.88 Å². The summed E-state index contributed by atoms with van der Waals surface area (Å²) in [7, 11) is 0. The second-order valence-corrected chi connectivity index (χ2v) is 6.86. The molecule has 28 heavy (non-hydrogen) atoms. The average molecular weight is 378 g/mol. The minimum atomic E-state index is -1.06. The summed E-state index contributed by atoms with van der Waals surface area (Å²) < 4.78 is 18.9. The van der Waals surface area contributed by atoms with E-state index in [4.69, 9.17) is 4.74 Å². The van der Waals surface area contributed by atoms with Crippen LogP contribution in [0.1, 0.15) is 28.3 Å². The number of halogens is 1. The first-order valence-corrected chi connectivity index (χ1v) is 8.96. The van der Waals surface area contributed by atoms with Crippen molar-refractivity contribution in [1.82, 2.24) is 4.98 Å². The molecule has 0 unspecified atom stereocenters. The Morgan fingerprint density at radius 1 is 1.18 bits per heavy atom. The van der Waals surface area contributed by atoms with Gasteiger partial charge >= 0.3 is 6.09 Å². The largest absolute Gasteiger partial charge is 0.474 e. The first-order chi connectivity index (χ1) is 13.5. The van der Waals surface area contributed by atoms with Gasteiger partial charge in [0.25, 0.3) is 0 Å². The number of anilines is 1. The van der Waals surface area contributed by atoms with Gasteiger partial charge in [-0.25, -0.2) is 14.2 Å². The summed E-state index contributed by atoms with van der Waals surface area (Å²) in [6.07, 6.45) is 1.12. The Labute approximate surface area is 162 Å². The van der Waals surface area contributed by atoms with Crippen LogP contribution < -0.4 is 9.64 Å². The van der Waals surface area contributed by atoms with Crippen LogP contribution in [0, 0.1) is 12.7 Å². The van der Waals surface area contributed by atoms with Gasteiger partial charge in [0.05, 0.1) is 6.04 Å². The minimum Gasteiger partial charge on any atom is -0.474 e. The molecular formula is C22H19FN2O3. The summed E-state index contributed by atoms with van der Waals surface area (Å²) in [5.41, 5.74) is 4.12. The minimum absolute atomic E-state index is 0.201. The average Bonchev–Trinajstić information content (AvgIpc) is 2.69. The number of carbonyl (C=O) groups is 1. The standard InChI is InChI=1S/C22H19FN2O3/c1-14-2-6-17(7-3-14)20-13-28-21-19(25(20)22(26)27)11-16(12-24-21)10-15-4-8-18(23)9-5-15/h2-9,11-12,20H,10,13H2,1H3,(H,26,27)/t20-/m1/s1. The molecule has 6 heteroatoms. The van der Waals surface area contributed by atoms with Crippen LogP contribution in [0.2, 0.25) is 0 Å². The first kappa shape index (κ1) is 18.0. The third-order valence-corrected chi connectivity index (χ3v) is 4.83. The number of aromatic nitrogens is 1. The van der Waals surface area contributed by atoms with Crippen LogP contribution in [0.25, 0.3) is 0 Å². The van der Waals surface area contributed by atoms with Gasteiger partial charge in [-0.1, -0.05) is 42.0 Å². The van der Waals surface area contributed by atoms with E-state index >= 15 is 0 Å². The van der Waals surface area contributed by atoms with Crippen molar-refractivity contribution in [2.24, 2.45) is 0 Å². The smallest absolute Gasteiger partial charge is 0.412 e. The molecule has 0 spiro atoms. The number of amides is 1. The molecule has 1 aliphatic heterocycles. The van der Waals surface area contributed by atoms with E-state index in [1.165, 1.54) is 17.0 Å². The Hall–Kier alpha value is -3.41. The zero-order valence-corrected chi connectivity index (χ0v) is 15.3. The Bertz CT molecular complexity index is 1000. The van der Waals surface area contributed by atoms with Crippen molar-refractivity contribution >= 4 is 11.8 Å². The Morgan fingerprint density at radius 2 is 1.89 bits per heavy atom. The summed E-state index contributed by atoms with van der Waals surface area (Å²) in [4.78, 5) is 17.7. The lowest BCUT2D eigenvalue weighted by Crippen LogP contribution is -2.40. The van der Waals surface area contributed by atoms with Crippen LogP contribution in [0.5, 0.6) is 5.88 Å². The van der Waals surface area contributed by atoms with Crippen LogP contribution in [0.15, 0.2) is 60.8 Å². The lowest BCUT2D eigenvalue weighted by Gasteiger charge is -2.34. The van der Waals surface area contributed by atoms with Crippen LogP contribution >= 0.6 is 0 Å². The maximum atomic E-state index is 13.1. The Kier molecular flexibility index (Phi) is 4.69. The maximum absolute atomic E-state index is 13.1. The molecule has 1 amide bonds. The molecule has 3 aromatic rings. The number of hydrogen-bond acceptors (Lipinski definition) is 3. The molecule has 0 radical (unpaired) electrons. The second kappa shape index (κ2) is 7.31. The predicted octanol–water partition coefficient (Wildman–Crippen LogP) is 4.74. The molecule has 2 aromatic carbocycles. The molecule has 1 aliphatic rings. The molecule has 5 nitrogen and oxygen atoms in total. The van der Waals surface area contributed by atoms with Gasteiger partial charge in [0.15, 0.2) is 0 Å². The summed E-state index contributed by atoms with van der Waals surface area (Å²) in [5, 5.41) is 9.88. The first-order valence-electron chi connectivity index (χ1n) is 8.96. The number of hydrogen-bond donors (Lipinski definition) is 1. The number of carboxylic acid groups (broad SMARTS) is 1. The molecule has 4 rings (SSSR count). The van der Waals surface area contributed by atoms with Crippen molar-refractivity contribution in [2.75, 3.05) is 11.5 Å². The molecule has 0 fully saturated rings. The van der Waals surface area contributed by atoms with Crippen molar-refractivity contribution in [1.29, 1.82) is 0 Å². The number of benzene rings is 2. The molecule has 0 saturated carbocycles. The van der Waals surface area contributed by atoms with Gasteiger partial charge in [0.2, 0.25) is 5.88 Å². The third-order valence-electron chi connectivity index (χ3n) is 4.83. The fourth-order valence-corrected chi connectivity index (χ4v) is 3.37. The van der Waals surface area contributed by atoms with Gasteiger partial charge in [0.1, 0.15) is 18.1 Å². The Balaban J connectivity index is 1.68. The number of fused-ring (bicyclic) bond motifs is 1. The van der Waals surface area contributed by atoms with Gasteiger partial charge in [-0.2, -0.15) is 0 Å². The van der Waals surface area contributed by atoms with Crippen LogP contribution in [-0.4, -0.2) is 22.8 Å². The van der Waals surface area contributed by atoms with Crippen LogP contribution in [0.4, 0.5) is 14.9 Å². The molecule has 2 heterocycles. The summed E-state index contributed by atoms with van der Waals surface area (Å²) in [6.45, 7) is 2.18. The van der Waals surface area contributed by atoms with Gasteiger partial charge in [-0.3, -0.25) is 4.90 Å². The van der Waals surface area contributed by atoms with Gasteiger partial charge in [-0.15, -0.1) is 0 Å². The van der Waals surface area contributed by atoms with Crippen molar-refractivity contribution in [3.05, 3.63) is 88.9 Å². The quantitative estimate of drug-likeness (QED) is 0.715. The van der Waals surface area contributed by atoms with E-state index in [1.807, 2.05) is 31.2 Å². The molecule has 0 bridgehead atoms. The fraction of sp³-hybridized carbons (Fsp3) is 0.182. The molecular weight excluding hydrogens is 359 g/mol. The fourth-order valence-electron chi connectivity index (χ4n) is 3.37. The normalized spacial score (nSPS) is 15.6. The van der Waals surface area contributed by atoms with Crippen LogP contribution in [-0.2, 0) is 6.42 Å². The van der Waals surface area contributed by atoms with E-state index < -0.39 is 12.1 Å². The number of aryl methyl sites for hydroxylation is 1. The van der Waals surface area contributed by atoms with E-state index in [9.17, 15) is 14.3 Å². The van der Waals surface area contributed by atoms with Gasteiger partial charge in [0, 0.05) is 6.20 Å². The number of pyridine rings is 1. The number of rotatable bonds is 3. The van der Waals surface area contributed by atoms with E-state index in [-0.39, 0.29) is 12.4 Å². The highest BCUT2D eigenvalue weighted by atomic mass is 19.1. The van der Waals surface area contributed by atoms with E-state index in [1.54, 1.807) is 24.4 Å². The molecule has 1 aromatic heterocycles. The SMILES string of the molecule is Cc1ccc([C@H]2COc3ncc(Cc4ccc(F)cc4)cc3N2C(=O)O)cc1. The summed E-state index contributed by atoms with van der Waals surface area (Å²) in [5.74, 6) is 0.00678. The highest BCUT2D eigenvalue weighted by Crippen LogP contribution is 2.39. The molecule has 0 aliphatic carbocycles. The van der Waals surface area contributed by atoms with Crippen LogP contribution in [0.3, 0.4) is 0 Å². The highest BCUT2D eigenvalue weighted by molar-refractivity contribution is 5.89. The predicted molar refractivity (Wildman–Crippen MR) is 103 cm³/mol.